The van der Waals surface area contributed by atoms with E-state index in [0.717, 1.165) is 10.9 Å². The smallest absolute Gasteiger partial charge is 0.266 e. The predicted molar refractivity (Wildman–Crippen MR) is 145 cm³/mol. The molecule has 0 atom stereocenters. The molecule has 4 aromatic carbocycles. The molecule has 0 aliphatic heterocycles. The van der Waals surface area contributed by atoms with Gasteiger partial charge in [0, 0.05) is 5.69 Å². The lowest BCUT2D eigenvalue weighted by Crippen LogP contribution is -2.13. The number of rotatable bonds is 7. The summed E-state index contributed by atoms with van der Waals surface area (Å²) in [5.41, 5.74) is 2.26. The SMILES string of the molecule is COc1ccc(NC(=O)/C(C#N)=C\c2cc(Br)c(OCc3ccc4ccccc4c3)c(Br)c2)cc1. The predicted octanol–water partition coefficient (Wildman–Crippen LogP) is 7.50. The molecular formula is C28H20Br2N2O3. The summed E-state index contributed by atoms with van der Waals surface area (Å²) in [7, 11) is 1.57. The molecule has 0 saturated carbocycles. The molecule has 0 aliphatic carbocycles. The fraction of sp³-hybridized carbons (Fsp3) is 0.0714. The summed E-state index contributed by atoms with van der Waals surface area (Å²) in [6.45, 7) is 0.394. The van der Waals surface area contributed by atoms with Crippen molar-refractivity contribution < 1.29 is 14.3 Å². The van der Waals surface area contributed by atoms with Gasteiger partial charge in [0.05, 0.1) is 16.1 Å². The van der Waals surface area contributed by atoms with E-state index in [2.05, 4.69) is 61.4 Å². The summed E-state index contributed by atoms with van der Waals surface area (Å²) < 4.78 is 12.6. The minimum atomic E-state index is -0.499. The number of nitrogens with one attached hydrogen (secondary N) is 1. The van der Waals surface area contributed by atoms with Crippen molar-refractivity contribution in [3.05, 3.63) is 105 Å². The van der Waals surface area contributed by atoms with Crippen molar-refractivity contribution in [1.29, 1.82) is 5.26 Å². The van der Waals surface area contributed by atoms with Crippen molar-refractivity contribution in [2.24, 2.45) is 0 Å². The lowest BCUT2D eigenvalue weighted by atomic mass is 10.1. The Morgan fingerprint density at radius 1 is 0.971 bits per heavy atom. The number of carbonyl (C=O) groups excluding carboxylic acids is 1. The molecule has 174 valence electrons. The molecule has 0 spiro atoms. The van der Waals surface area contributed by atoms with E-state index in [0.29, 0.717) is 38.3 Å². The molecule has 0 heterocycles. The van der Waals surface area contributed by atoms with Crippen molar-refractivity contribution in [1.82, 2.24) is 0 Å². The number of nitriles is 1. The van der Waals surface area contributed by atoms with Crippen LogP contribution in [-0.2, 0) is 11.4 Å². The third-order valence-electron chi connectivity index (χ3n) is 5.24. The fourth-order valence-corrected chi connectivity index (χ4v) is 4.92. The van der Waals surface area contributed by atoms with Gasteiger partial charge in [0.1, 0.15) is 29.7 Å². The second-order valence-corrected chi connectivity index (χ2v) is 9.34. The highest BCUT2D eigenvalue weighted by Crippen LogP contribution is 2.36. The number of nitrogens with zero attached hydrogens (tertiary/aromatic N) is 1. The monoisotopic (exact) mass is 590 g/mol. The number of ether oxygens (including phenoxy) is 2. The Morgan fingerprint density at radius 2 is 1.66 bits per heavy atom. The van der Waals surface area contributed by atoms with Gasteiger partial charge in [-0.3, -0.25) is 4.79 Å². The summed E-state index contributed by atoms with van der Waals surface area (Å²) in [6.07, 6.45) is 1.53. The number of amides is 1. The van der Waals surface area contributed by atoms with Gasteiger partial charge in [0.15, 0.2) is 0 Å². The molecular weight excluding hydrogens is 572 g/mol. The standard InChI is InChI=1S/C28H20Br2N2O3/c1-34-24-10-8-23(9-11-24)32-28(33)22(16-31)13-19-14-25(29)27(26(30)15-19)35-17-18-6-7-20-4-2-3-5-21(20)12-18/h2-15H,17H2,1H3,(H,32,33)/b22-13-. The van der Waals surface area contributed by atoms with Crippen molar-refractivity contribution in [2.75, 3.05) is 12.4 Å². The van der Waals surface area contributed by atoms with Gasteiger partial charge < -0.3 is 14.8 Å². The van der Waals surface area contributed by atoms with E-state index >= 15 is 0 Å². The Kier molecular flexibility index (Phi) is 7.86. The van der Waals surface area contributed by atoms with Crippen molar-refractivity contribution in [2.45, 2.75) is 6.61 Å². The molecule has 1 N–H and O–H groups in total. The summed E-state index contributed by atoms with van der Waals surface area (Å²) in [5, 5.41) is 14.6. The van der Waals surface area contributed by atoms with Crippen LogP contribution in [0.1, 0.15) is 11.1 Å². The Hall–Kier alpha value is -3.60. The first-order valence-electron chi connectivity index (χ1n) is 10.6. The molecule has 1 amide bonds. The number of anilines is 1. The van der Waals surface area contributed by atoms with Gasteiger partial charge >= 0.3 is 0 Å². The van der Waals surface area contributed by atoms with Crippen LogP contribution < -0.4 is 14.8 Å². The van der Waals surface area contributed by atoms with Crippen LogP contribution in [0, 0.1) is 11.3 Å². The summed E-state index contributed by atoms with van der Waals surface area (Å²) in [6, 6.07) is 26.9. The van der Waals surface area contributed by atoms with E-state index in [-0.39, 0.29) is 5.57 Å². The largest absolute Gasteiger partial charge is 0.497 e. The number of carbonyl (C=O) groups is 1. The maximum absolute atomic E-state index is 12.6. The molecule has 4 rings (SSSR count). The summed E-state index contributed by atoms with van der Waals surface area (Å²) in [4.78, 5) is 12.6. The Bertz CT molecular complexity index is 1430. The van der Waals surface area contributed by atoms with E-state index in [1.54, 1.807) is 43.5 Å². The van der Waals surface area contributed by atoms with Crippen LogP contribution in [0.25, 0.3) is 16.8 Å². The summed E-state index contributed by atoms with van der Waals surface area (Å²) in [5.74, 6) is 0.815. The first-order chi connectivity index (χ1) is 17.0. The third kappa shape index (κ3) is 6.10. The van der Waals surface area contributed by atoms with Gasteiger partial charge in [0.2, 0.25) is 0 Å². The van der Waals surface area contributed by atoms with Gasteiger partial charge in [-0.2, -0.15) is 5.26 Å². The molecule has 0 unspecified atom stereocenters. The van der Waals surface area contributed by atoms with E-state index < -0.39 is 5.91 Å². The quantitative estimate of drug-likeness (QED) is 0.178. The third-order valence-corrected chi connectivity index (χ3v) is 6.42. The lowest BCUT2D eigenvalue weighted by Gasteiger charge is -2.12. The topological polar surface area (TPSA) is 71.3 Å². The second-order valence-electron chi connectivity index (χ2n) is 7.64. The van der Waals surface area contributed by atoms with Crippen molar-refractivity contribution in [3.63, 3.8) is 0 Å². The molecule has 35 heavy (non-hydrogen) atoms. The van der Waals surface area contributed by atoms with Gasteiger partial charge in [-0.05, 0) is 102 Å². The Balaban J connectivity index is 1.48. The molecule has 0 bridgehead atoms. The van der Waals surface area contributed by atoms with Gasteiger partial charge in [-0.1, -0.05) is 36.4 Å². The Morgan fingerprint density at radius 3 is 2.31 bits per heavy atom. The highest BCUT2D eigenvalue weighted by molar-refractivity contribution is 9.11. The molecule has 0 aliphatic rings. The van der Waals surface area contributed by atoms with Gasteiger partial charge in [0.25, 0.3) is 5.91 Å². The summed E-state index contributed by atoms with van der Waals surface area (Å²) >= 11 is 7.10. The van der Waals surface area contributed by atoms with Crippen LogP contribution in [0.15, 0.2) is 93.4 Å². The van der Waals surface area contributed by atoms with Crippen LogP contribution in [0.5, 0.6) is 11.5 Å². The second kappa shape index (κ2) is 11.2. The van der Waals surface area contributed by atoms with E-state index in [4.69, 9.17) is 9.47 Å². The number of benzene rings is 4. The van der Waals surface area contributed by atoms with Crippen LogP contribution in [0.2, 0.25) is 0 Å². The molecule has 0 radical (unpaired) electrons. The number of hydrogen-bond acceptors (Lipinski definition) is 4. The molecule has 0 saturated heterocycles. The van der Waals surface area contributed by atoms with Gasteiger partial charge in [-0.15, -0.1) is 0 Å². The molecule has 0 aromatic heterocycles. The number of fused-ring (bicyclic) bond motifs is 1. The van der Waals surface area contributed by atoms with E-state index in [9.17, 15) is 10.1 Å². The minimum absolute atomic E-state index is 0.0237. The minimum Gasteiger partial charge on any atom is -0.497 e. The highest BCUT2D eigenvalue weighted by Gasteiger charge is 2.13. The number of methoxy groups -OCH3 is 1. The highest BCUT2D eigenvalue weighted by atomic mass is 79.9. The number of hydrogen-bond donors (Lipinski definition) is 1. The van der Waals surface area contributed by atoms with Crippen molar-refractivity contribution in [3.8, 4) is 17.6 Å². The average Bonchev–Trinajstić information content (AvgIpc) is 2.87. The van der Waals surface area contributed by atoms with Crippen LogP contribution in [0.3, 0.4) is 0 Å². The first kappa shape index (κ1) is 24.5. The molecule has 7 heteroatoms. The average molecular weight is 592 g/mol. The van der Waals surface area contributed by atoms with E-state index in [1.807, 2.05) is 24.3 Å². The van der Waals surface area contributed by atoms with Crippen LogP contribution in [-0.4, -0.2) is 13.0 Å². The van der Waals surface area contributed by atoms with Gasteiger partial charge in [-0.25, -0.2) is 0 Å². The maximum atomic E-state index is 12.6. The first-order valence-corrected chi connectivity index (χ1v) is 12.2. The normalized spacial score (nSPS) is 11.1. The zero-order valence-electron chi connectivity index (χ0n) is 18.7. The number of halogens is 2. The zero-order valence-corrected chi connectivity index (χ0v) is 21.9. The lowest BCUT2D eigenvalue weighted by molar-refractivity contribution is -0.112. The molecule has 0 fully saturated rings. The molecule has 5 nitrogen and oxygen atoms in total. The molecule has 4 aromatic rings. The van der Waals surface area contributed by atoms with Crippen molar-refractivity contribution >= 4 is 60.3 Å². The fourth-order valence-electron chi connectivity index (χ4n) is 3.47. The van der Waals surface area contributed by atoms with Crippen LogP contribution >= 0.6 is 31.9 Å². The zero-order chi connectivity index (χ0) is 24.8. The van der Waals surface area contributed by atoms with E-state index in [1.165, 1.54) is 11.5 Å². The Labute approximate surface area is 220 Å². The maximum Gasteiger partial charge on any atom is 0.266 e. The van der Waals surface area contributed by atoms with Crippen LogP contribution in [0.4, 0.5) is 5.69 Å².